The minimum atomic E-state index is 0.0565. The number of amides is 1. The van der Waals surface area contributed by atoms with Gasteiger partial charge in [0.05, 0.1) is 23.8 Å². The number of aromatic nitrogens is 2. The molecule has 2 saturated heterocycles. The highest BCUT2D eigenvalue weighted by molar-refractivity contribution is 7.99. The number of likely N-dealkylation sites (tertiary alicyclic amines) is 1. The summed E-state index contributed by atoms with van der Waals surface area (Å²) in [5, 5.41) is 1.49. The lowest BCUT2D eigenvalue weighted by molar-refractivity contribution is -0.127. The Kier molecular flexibility index (Phi) is 5.67. The smallest absolute Gasteiger partial charge is 0.263 e. The maximum atomic E-state index is 13.5. The van der Waals surface area contributed by atoms with Crippen LogP contribution in [-0.4, -0.2) is 51.9 Å². The van der Waals surface area contributed by atoms with Crippen LogP contribution in [-0.2, 0) is 28.9 Å². The first kappa shape index (κ1) is 19.6. The summed E-state index contributed by atoms with van der Waals surface area (Å²) in [5.74, 6) is 0.491. The van der Waals surface area contributed by atoms with E-state index in [9.17, 15) is 9.59 Å². The Balaban J connectivity index is 1.49. The van der Waals surface area contributed by atoms with Gasteiger partial charge in [-0.05, 0) is 56.9 Å². The van der Waals surface area contributed by atoms with Gasteiger partial charge in [-0.3, -0.25) is 14.2 Å². The molecule has 0 aromatic carbocycles. The van der Waals surface area contributed by atoms with Crippen molar-refractivity contribution < 1.29 is 9.53 Å². The van der Waals surface area contributed by atoms with Crippen LogP contribution < -0.4 is 5.56 Å². The molecule has 4 heterocycles. The molecule has 6 nitrogen and oxygen atoms in total. The van der Waals surface area contributed by atoms with Crippen LogP contribution in [0.25, 0.3) is 10.2 Å². The number of rotatable bonds is 5. The molecule has 156 valence electrons. The summed E-state index contributed by atoms with van der Waals surface area (Å²) in [4.78, 5) is 35.1. The summed E-state index contributed by atoms with van der Waals surface area (Å²) < 4.78 is 7.60. The first-order valence-corrected chi connectivity index (χ1v) is 12.6. The minimum absolute atomic E-state index is 0.0565. The molecule has 3 aliphatic rings. The Morgan fingerprint density at radius 1 is 1.17 bits per heavy atom. The van der Waals surface area contributed by atoms with Crippen molar-refractivity contribution in [3.8, 4) is 0 Å². The van der Waals surface area contributed by atoms with E-state index in [0.29, 0.717) is 17.5 Å². The van der Waals surface area contributed by atoms with Gasteiger partial charge >= 0.3 is 0 Å². The lowest BCUT2D eigenvalue weighted by Gasteiger charge is -2.18. The standard InChI is InChI=1S/C21H27N3O3S2/c25-17(23-9-3-4-10-23)13-28-21-22-19-18(15-7-1-2-8-16(15)29-19)20(26)24(21)12-14-6-5-11-27-14/h14H,1-13H2/t14-/m1/s1. The quantitative estimate of drug-likeness (QED) is 0.535. The molecule has 29 heavy (non-hydrogen) atoms. The van der Waals surface area contributed by atoms with E-state index >= 15 is 0 Å². The number of carbonyl (C=O) groups is 1. The highest BCUT2D eigenvalue weighted by Gasteiger charge is 2.26. The largest absolute Gasteiger partial charge is 0.376 e. The van der Waals surface area contributed by atoms with Crippen LogP contribution in [0, 0.1) is 0 Å². The fourth-order valence-corrected chi connectivity index (χ4v) is 6.88. The van der Waals surface area contributed by atoms with Gasteiger partial charge in [-0.2, -0.15) is 0 Å². The van der Waals surface area contributed by atoms with E-state index in [0.717, 1.165) is 74.9 Å². The Morgan fingerprint density at radius 3 is 2.79 bits per heavy atom. The second-order valence-corrected chi connectivity index (χ2v) is 10.2. The van der Waals surface area contributed by atoms with Crippen molar-refractivity contribution in [3.63, 3.8) is 0 Å². The van der Waals surface area contributed by atoms with E-state index < -0.39 is 0 Å². The molecule has 8 heteroatoms. The van der Waals surface area contributed by atoms with Crippen molar-refractivity contribution in [1.29, 1.82) is 0 Å². The normalized spacial score (nSPS) is 21.8. The summed E-state index contributed by atoms with van der Waals surface area (Å²) in [6.45, 7) is 3.00. The van der Waals surface area contributed by atoms with Crippen molar-refractivity contribution in [2.24, 2.45) is 0 Å². The maximum Gasteiger partial charge on any atom is 0.263 e. The molecule has 0 radical (unpaired) electrons. The number of thiophene rings is 1. The number of hydrogen-bond donors (Lipinski definition) is 0. The molecule has 1 atom stereocenters. The molecule has 2 fully saturated rings. The molecule has 2 aliphatic heterocycles. The second kappa shape index (κ2) is 8.40. The predicted octanol–water partition coefficient (Wildman–Crippen LogP) is 3.23. The zero-order chi connectivity index (χ0) is 19.8. The molecule has 0 bridgehead atoms. The lowest BCUT2D eigenvalue weighted by atomic mass is 9.97. The highest BCUT2D eigenvalue weighted by atomic mass is 32.2. The Morgan fingerprint density at radius 2 is 2.00 bits per heavy atom. The van der Waals surface area contributed by atoms with E-state index in [1.165, 1.54) is 28.6 Å². The van der Waals surface area contributed by atoms with Crippen molar-refractivity contribution in [3.05, 3.63) is 20.8 Å². The van der Waals surface area contributed by atoms with Crippen molar-refractivity contribution >= 4 is 39.2 Å². The monoisotopic (exact) mass is 433 g/mol. The van der Waals surface area contributed by atoms with Crippen LogP contribution >= 0.6 is 23.1 Å². The summed E-state index contributed by atoms with van der Waals surface area (Å²) in [6, 6.07) is 0. The average molecular weight is 434 g/mol. The van der Waals surface area contributed by atoms with Gasteiger partial charge in [0, 0.05) is 24.6 Å². The fraction of sp³-hybridized carbons (Fsp3) is 0.667. The predicted molar refractivity (Wildman–Crippen MR) is 116 cm³/mol. The minimum Gasteiger partial charge on any atom is -0.376 e. The fourth-order valence-electron chi connectivity index (χ4n) is 4.67. The van der Waals surface area contributed by atoms with Gasteiger partial charge in [-0.15, -0.1) is 11.3 Å². The van der Waals surface area contributed by atoms with Crippen LogP contribution in [0.1, 0.15) is 49.0 Å². The molecule has 0 unspecified atom stereocenters. The second-order valence-electron chi connectivity index (χ2n) is 8.21. The molecule has 1 aliphatic carbocycles. The Bertz CT molecular complexity index is 972. The van der Waals surface area contributed by atoms with Gasteiger partial charge < -0.3 is 9.64 Å². The van der Waals surface area contributed by atoms with E-state index in [-0.39, 0.29) is 17.6 Å². The molecule has 0 N–H and O–H groups in total. The number of fused-ring (bicyclic) bond motifs is 3. The van der Waals surface area contributed by atoms with Crippen LogP contribution in [0.4, 0.5) is 0 Å². The van der Waals surface area contributed by atoms with Gasteiger partial charge in [0.2, 0.25) is 5.91 Å². The molecular formula is C21H27N3O3S2. The lowest BCUT2D eigenvalue weighted by Crippen LogP contribution is -2.31. The van der Waals surface area contributed by atoms with E-state index in [4.69, 9.17) is 9.72 Å². The molecule has 2 aromatic rings. The first-order valence-electron chi connectivity index (χ1n) is 10.8. The highest BCUT2D eigenvalue weighted by Crippen LogP contribution is 2.35. The van der Waals surface area contributed by atoms with Gasteiger partial charge in [0.1, 0.15) is 4.83 Å². The Hall–Kier alpha value is -1.38. The summed E-state index contributed by atoms with van der Waals surface area (Å²) in [6.07, 6.45) is 8.62. The molecule has 2 aromatic heterocycles. The SMILES string of the molecule is O=C(CSc1nc2sc3c(c2c(=O)n1C[C@H]1CCCO1)CCCC3)N1CCCC1. The summed E-state index contributed by atoms with van der Waals surface area (Å²) in [5.41, 5.74) is 1.28. The molecular weight excluding hydrogens is 406 g/mol. The topological polar surface area (TPSA) is 64.4 Å². The van der Waals surface area contributed by atoms with E-state index in [1.807, 2.05) is 4.90 Å². The molecule has 0 spiro atoms. The van der Waals surface area contributed by atoms with Crippen LogP contribution in [0.3, 0.4) is 0 Å². The average Bonchev–Trinajstić information content (AvgIpc) is 3.49. The first-order chi connectivity index (χ1) is 14.2. The van der Waals surface area contributed by atoms with Crippen LogP contribution in [0.15, 0.2) is 9.95 Å². The summed E-state index contributed by atoms with van der Waals surface area (Å²) in [7, 11) is 0. The molecule has 5 rings (SSSR count). The number of ether oxygens (including phenoxy) is 1. The number of nitrogens with zero attached hydrogens (tertiary/aromatic N) is 3. The zero-order valence-corrected chi connectivity index (χ0v) is 18.3. The number of thioether (sulfide) groups is 1. The Labute approximate surface area is 178 Å². The third-order valence-corrected chi connectivity index (χ3v) is 8.38. The number of carbonyl (C=O) groups excluding carboxylic acids is 1. The van der Waals surface area contributed by atoms with Crippen LogP contribution in [0.2, 0.25) is 0 Å². The van der Waals surface area contributed by atoms with E-state index in [1.54, 1.807) is 15.9 Å². The third-order valence-electron chi connectivity index (χ3n) is 6.23. The summed E-state index contributed by atoms with van der Waals surface area (Å²) >= 11 is 3.09. The maximum absolute atomic E-state index is 13.5. The number of hydrogen-bond acceptors (Lipinski definition) is 6. The molecule has 0 saturated carbocycles. The molecule has 1 amide bonds. The third kappa shape index (κ3) is 3.86. The van der Waals surface area contributed by atoms with Gasteiger partial charge in [-0.25, -0.2) is 4.98 Å². The van der Waals surface area contributed by atoms with Crippen LogP contribution in [0.5, 0.6) is 0 Å². The van der Waals surface area contributed by atoms with Gasteiger partial charge in [0.25, 0.3) is 5.56 Å². The van der Waals surface area contributed by atoms with E-state index in [2.05, 4.69) is 0 Å². The van der Waals surface area contributed by atoms with Gasteiger partial charge in [-0.1, -0.05) is 11.8 Å². The number of aryl methyl sites for hydroxylation is 2. The zero-order valence-electron chi connectivity index (χ0n) is 16.7. The van der Waals surface area contributed by atoms with Crippen molar-refractivity contribution in [1.82, 2.24) is 14.5 Å². The van der Waals surface area contributed by atoms with Gasteiger partial charge in [0.15, 0.2) is 5.16 Å². The van der Waals surface area contributed by atoms with Crippen molar-refractivity contribution in [2.75, 3.05) is 25.4 Å². The van der Waals surface area contributed by atoms with Crippen molar-refractivity contribution in [2.45, 2.75) is 69.2 Å².